The number of thioether (sulfide) groups is 1. The number of nitrogens with one attached hydrogen (secondary N) is 1. The smallest absolute Gasteiger partial charge is 0.410 e. The largest absolute Gasteiger partial charge is 0.444 e. The van der Waals surface area contributed by atoms with Gasteiger partial charge in [-0.05, 0) is 65.2 Å². The van der Waals surface area contributed by atoms with Crippen molar-refractivity contribution >= 4 is 17.9 Å². The minimum Gasteiger partial charge on any atom is -0.444 e. The van der Waals surface area contributed by atoms with E-state index in [1.54, 1.807) is 0 Å². The Bertz CT molecular complexity index is 364. The van der Waals surface area contributed by atoms with Crippen LogP contribution in [0.1, 0.15) is 46.5 Å². The standard InChI is InChI=1S/C16H30N2O2S/c1-15(2,3)20-14(19)18-9-5-6-13(11-18)10-17-12-16(21-4)7-8-16/h13,17H,5-12H2,1-4H3. The third-order valence-corrected chi connectivity index (χ3v) is 5.71. The average Bonchev–Trinajstić information content (AvgIpc) is 3.18. The molecule has 21 heavy (non-hydrogen) atoms. The van der Waals surface area contributed by atoms with Gasteiger partial charge in [0, 0.05) is 24.4 Å². The molecule has 0 aromatic heterocycles. The van der Waals surface area contributed by atoms with Crippen LogP contribution in [-0.2, 0) is 4.74 Å². The summed E-state index contributed by atoms with van der Waals surface area (Å²) < 4.78 is 5.99. The van der Waals surface area contributed by atoms with Gasteiger partial charge in [0.2, 0.25) is 0 Å². The molecule has 2 aliphatic rings. The van der Waals surface area contributed by atoms with Gasteiger partial charge in [-0.2, -0.15) is 11.8 Å². The third-order valence-electron chi connectivity index (χ3n) is 4.29. The zero-order chi connectivity index (χ0) is 15.5. The molecule has 1 aliphatic carbocycles. The number of carbonyl (C=O) groups excluding carboxylic acids is 1. The summed E-state index contributed by atoms with van der Waals surface area (Å²) in [6, 6.07) is 0. The first-order valence-corrected chi connectivity index (χ1v) is 9.30. The summed E-state index contributed by atoms with van der Waals surface area (Å²) in [5, 5.41) is 3.62. The van der Waals surface area contributed by atoms with Gasteiger partial charge in [0.15, 0.2) is 0 Å². The maximum absolute atomic E-state index is 12.1. The van der Waals surface area contributed by atoms with E-state index in [0.717, 1.165) is 32.6 Å². The first-order chi connectivity index (χ1) is 9.84. The Morgan fingerprint density at radius 2 is 2.14 bits per heavy atom. The van der Waals surface area contributed by atoms with Crippen LogP contribution in [0.25, 0.3) is 0 Å². The molecule has 1 unspecified atom stereocenters. The lowest BCUT2D eigenvalue weighted by molar-refractivity contribution is 0.0166. The SMILES string of the molecule is CSC1(CNCC2CCCN(C(=O)OC(C)(C)C)C2)CC1. The summed E-state index contributed by atoms with van der Waals surface area (Å²) in [7, 11) is 0. The molecule has 1 amide bonds. The lowest BCUT2D eigenvalue weighted by Gasteiger charge is -2.34. The summed E-state index contributed by atoms with van der Waals surface area (Å²) in [4.78, 5) is 14.0. The second-order valence-corrected chi connectivity index (χ2v) is 8.73. The van der Waals surface area contributed by atoms with Crippen LogP contribution in [0.5, 0.6) is 0 Å². The molecule has 0 bridgehead atoms. The lowest BCUT2D eigenvalue weighted by atomic mass is 9.98. The van der Waals surface area contributed by atoms with Crippen molar-refractivity contribution in [1.29, 1.82) is 0 Å². The van der Waals surface area contributed by atoms with Crippen LogP contribution in [0, 0.1) is 5.92 Å². The van der Waals surface area contributed by atoms with Crippen molar-refractivity contribution in [2.24, 2.45) is 5.92 Å². The Morgan fingerprint density at radius 3 is 2.71 bits per heavy atom. The van der Waals surface area contributed by atoms with Crippen molar-refractivity contribution in [3.63, 3.8) is 0 Å². The van der Waals surface area contributed by atoms with E-state index in [1.165, 1.54) is 19.3 Å². The number of rotatable bonds is 5. The fourth-order valence-corrected chi connectivity index (χ4v) is 3.58. The normalized spacial score (nSPS) is 24.8. The molecule has 0 spiro atoms. The van der Waals surface area contributed by atoms with E-state index in [9.17, 15) is 4.79 Å². The molecule has 2 fully saturated rings. The molecule has 0 aromatic rings. The van der Waals surface area contributed by atoms with Crippen molar-refractivity contribution in [1.82, 2.24) is 10.2 Å². The zero-order valence-corrected chi connectivity index (χ0v) is 14.7. The molecule has 1 aliphatic heterocycles. The fourth-order valence-electron chi connectivity index (χ4n) is 2.82. The maximum Gasteiger partial charge on any atom is 0.410 e. The number of nitrogens with zero attached hydrogens (tertiary/aromatic N) is 1. The van der Waals surface area contributed by atoms with E-state index in [0.29, 0.717) is 10.7 Å². The van der Waals surface area contributed by atoms with Crippen molar-refractivity contribution in [2.75, 3.05) is 32.4 Å². The highest BCUT2D eigenvalue weighted by atomic mass is 32.2. The van der Waals surface area contributed by atoms with E-state index in [4.69, 9.17) is 4.74 Å². The van der Waals surface area contributed by atoms with Crippen LogP contribution in [0.4, 0.5) is 4.79 Å². The summed E-state index contributed by atoms with van der Waals surface area (Å²) in [5.74, 6) is 0.559. The quantitative estimate of drug-likeness (QED) is 0.846. The number of likely N-dealkylation sites (tertiary alicyclic amines) is 1. The minimum atomic E-state index is -0.404. The van der Waals surface area contributed by atoms with Gasteiger partial charge in [-0.25, -0.2) is 4.79 Å². The van der Waals surface area contributed by atoms with E-state index in [-0.39, 0.29) is 6.09 Å². The van der Waals surface area contributed by atoms with Crippen LogP contribution in [0.15, 0.2) is 0 Å². The Kier molecular flexibility index (Phi) is 5.47. The van der Waals surface area contributed by atoms with Crippen LogP contribution in [-0.4, -0.2) is 53.8 Å². The molecule has 1 heterocycles. The molecule has 1 N–H and O–H groups in total. The number of piperidine rings is 1. The molecule has 1 saturated carbocycles. The Hall–Kier alpha value is -0.420. The monoisotopic (exact) mass is 314 g/mol. The van der Waals surface area contributed by atoms with Gasteiger partial charge >= 0.3 is 6.09 Å². The highest BCUT2D eigenvalue weighted by Gasteiger charge is 2.41. The Balaban J connectivity index is 1.71. The van der Waals surface area contributed by atoms with Crippen LogP contribution in [0.2, 0.25) is 0 Å². The fraction of sp³-hybridized carbons (Fsp3) is 0.938. The van der Waals surface area contributed by atoms with Gasteiger partial charge in [-0.3, -0.25) is 0 Å². The zero-order valence-electron chi connectivity index (χ0n) is 13.9. The molecular formula is C16H30N2O2S. The third kappa shape index (κ3) is 5.37. The minimum absolute atomic E-state index is 0.157. The molecule has 0 radical (unpaired) electrons. The van der Waals surface area contributed by atoms with Gasteiger partial charge in [0.1, 0.15) is 5.60 Å². The second-order valence-electron chi connectivity index (χ2n) is 7.45. The van der Waals surface area contributed by atoms with Crippen LogP contribution in [0.3, 0.4) is 0 Å². The van der Waals surface area contributed by atoms with E-state index < -0.39 is 5.60 Å². The average molecular weight is 314 g/mol. The first-order valence-electron chi connectivity index (χ1n) is 8.07. The van der Waals surface area contributed by atoms with Gasteiger partial charge in [-0.1, -0.05) is 0 Å². The van der Waals surface area contributed by atoms with Crippen LogP contribution < -0.4 is 5.32 Å². The number of hydrogen-bond acceptors (Lipinski definition) is 4. The maximum atomic E-state index is 12.1. The summed E-state index contributed by atoms with van der Waals surface area (Å²) >= 11 is 1.99. The molecular weight excluding hydrogens is 284 g/mol. The van der Waals surface area contributed by atoms with Crippen molar-refractivity contribution in [3.05, 3.63) is 0 Å². The van der Waals surface area contributed by atoms with Gasteiger partial charge in [-0.15, -0.1) is 0 Å². The summed E-state index contributed by atoms with van der Waals surface area (Å²) in [6.45, 7) is 9.55. The number of amides is 1. The Labute approximate surface area is 133 Å². The number of carbonyl (C=O) groups is 1. The van der Waals surface area contributed by atoms with E-state index >= 15 is 0 Å². The van der Waals surface area contributed by atoms with Crippen molar-refractivity contribution < 1.29 is 9.53 Å². The van der Waals surface area contributed by atoms with Crippen molar-refractivity contribution in [3.8, 4) is 0 Å². The molecule has 0 aromatic carbocycles. The first kappa shape index (κ1) is 16.9. The van der Waals surface area contributed by atoms with E-state index in [2.05, 4.69) is 11.6 Å². The topological polar surface area (TPSA) is 41.6 Å². The van der Waals surface area contributed by atoms with Gasteiger partial charge in [0.25, 0.3) is 0 Å². The lowest BCUT2D eigenvalue weighted by Crippen LogP contribution is -2.45. The van der Waals surface area contributed by atoms with Gasteiger partial charge < -0.3 is 15.0 Å². The van der Waals surface area contributed by atoms with Crippen LogP contribution >= 0.6 is 11.8 Å². The Morgan fingerprint density at radius 1 is 1.43 bits per heavy atom. The predicted octanol–water partition coefficient (Wildman–Crippen LogP) is 3.12. The number of ether oxygens (including phenoxy) is 1. The van der Waals surface area contributed by atoms with Gasteiger partial charge in [0.05, 0.1) is 0 Å². The number of hydrogen-bond donors (Lipinski definition) is 1. The molecule has 1 atom stereocenters. The predicted molar refractivity (Wildman–Crippen MR) is 88.9 cm³/mol. The molecule has 4 nitrogen and oxygen atoms in total. The molecule has 5 heteroatoms. The highest BCUT2D eigenvalue weighted by molar-refractivity contribution is 8.00. The molecule has 1 saturated heterocycles. The summed E-state index contributed by atoms with van der Waals surface area (Å²) in [5.41, 5.74) is -0.404. The highest BCUT2D eigenvalue weighted by Crippen LogP contribution is 2.46. The summed E-state index contributed by atoms with van der Waals surface area (Å²) in [6.07, 6.45) is 7.03. The van der Waals surface area contributed by atoms with Crippen molar-refractivity contribution in [2.45, 2.75) is 56.8 Å². The molecule has 122 valence electrons. The van der Waals surface area contributed by atoms with E-state index in [1.807, 2.05) is 37.4 Å². The second kappa shape index (κ2) is 6.78. The molecule has 2 rings (SSSR count).